The Morgan fingerprint density at radius 2 is 1.55 bits per heavy atom. The summed E-state index contributed by atoms with van der Waals surface area (Å²) in [4.78, 5) is 32.5. The fourth-order valence-corrected chi connectivity index (χ4v) is 3.52. The van der Waals surface area contributed by atoms with Gasteiger partial charge in [0.05, 0.1) is 17.8 Å². The van der Waals surface area contributed by atoms with E-state index >= 15 is 0 Å². The first-order valence-electron chi connectivity index (χ1n) is 10.8. The fraction of sp³-hybridized carbons (Fsp3) is 0.222. The van der Waals surface area contributed by atoms with Gasteiger partial charge in [0.2, 0.25) is 0 Å². The van der Waals surface area contributed by atoms with Crippen LogP contribution in [-0.2, 0) is 27.5 Å². The highest BCUT2D eigenvalue weighted by Gasteiger charge is 2.34. The highest BCUT2D eigenvalue weighted by Crippen LogP contribution is 2.30. The number of benzene rings is 3. The number of amides is 1. The summed E-state index contributed by atoms with van der Waals surface area (Å²) in [5.41, 5.74) is 3.63. The lowest BCUT2D eigenvalue weighted by molar-refractivity contribution is -0.112. The van der Waals surface area contributed by atoms with Crippen molar-refractivity contribution in [2.75, 3.05) is 4.90 Å². The lowest BCUT2D eigenvalue weighted by atomic mass is 10.1. The van der Waals surface area contributed by atoms with Gasteiger partial charge in [-0.15, -0.1) is 0 Å². The van der Waals surface area contributed by atoms with Crippen molar-refractivity contribution in [2.45, 2.75) is 39.5 Å². The van der Waals surface area contributed by atoms with Crippen LogP contribution in [0.2, 0.25) is 0 Å². The van der Waals surface area contributed by atoms with Crippen LogP contribution in [0.3, 0.4) is 0 Å². The van der Waals surface area contributed by atoms with Crippen molar-refractivity contribution in [1.29, 1.82) is 0 Å². The van der Waals surface area contributed by atoms with Crippen LogP contribution >= 0.6 is 0 Å². The van der Waals surface area contributed by atoms with Crippen molar-refractivity contribution in [2.24, 2.45) is 5.16 Å². The Bertz CT molecular complexity index is 1180. The number of oxime groups is 1. The summed E-state index contributed by atoms with van der Waals surface area (Å²) in [6.45, 7) is 6.12. The number of hydrogen-bond acceptors (Lipinski definition) is 5. The molecule has 0 aliphatic carbocycles. The standard InChI is InChI=1S/C27H26N2O4/c1-27(2,3)33-26(31)21-15-13-20(14-16-21)18-32-28-24-22-11-7-8-12-23(22)29(25(24)30)17-19-9-5-4-6-10-19/h4-16H,17-18H2,1-3H3/b28-24-. The van der Waals surface area contributed by atoms with E-state index in [0.717, 1.165) is 22.4 Å². The molecule has 6 nitrogen and oxygen atoms in total. The van der Waals surface area contributed by atoms with Crippen LogP contribution in [0.4, 0.5) is 5.69 Å². The Morgan fingerprint density at radius 3 is 2.24 bits per heavy atom. The summed E-state index contributed by atoms with van der Waals surface area (Å²) in [6.07, 6.45) is 0. The molecular weight excluding hydrogens is 416 g/mol. The summed E-state index contributed by atoms with van der Waals surface area (Å²) in [7, 11) is 0. The first-order valence-corrected chi connectivity index (χ1v) is 10.8. The summed E-state index contributed by atoms with van der Waals surface area (Å²) < 4.78 is 5.38. The van der Waals surface area contributed by atoms with E-state index in [4.69, 9.17) is 9.57 Å². The molecule has 1 aliphatic heterocycles. The molecule has 6 heteroatoms. The van der Waals surface area contributed by atoms with Crippen LogP contribution in [0, 0.1) is 0 Å². The zero-order valence-electron chi connectivity index (χ0n) is 18.9. The van der Waals surface area contributed by atoms with Gasteiger partial charge < -0.3 is 14.5 Å². The molecule has 1 amide bonds. The predicted octanol–water partition coefficient (Wildman–Crippen LogP) is 5.11. The third kappa shape index (κ3) is 5.29. The van der Waals surface area contributed by atoms with Gasteiger partial charge in [-0.1, -0.05) is 65.8 Å². The van der Waals surface area contributed by atoms with Crippen LogP contribution in [0.1, 0.15) is 47.8 Å². The summed E-state index contributed by atoms with van der Waals surface area (Å²) >= 11 is 0. The minimum Gasteiger partial charge on any atom is -0.456 e. The largest absolute Gasteiger partial charge is 0.456 e. The Hall–Kier alpha value is -3.93. The van der Waals surface area contributed by atoms with Crippen LogP contribution in [0.15, 0.2) is 84.0 Å². The van der Waals surface area contributed by atoms with Gasteiger partial charge in [-0.2, -0.15) is 0 Å². The number of para-hydroxylation sites is 1. The van der Waals surface area contributed by atoms with Crippen LogP contribution in [0.5, 0.6) is 0 Å². The SMILES string of the molecule is CC(C)(C)OC(=O)c1ccc(CO/N=C2\C(=O)N(Cc3ccccc3)c3ccccc32)cc1. The minimum absolute atomic E-state index is 0.173. The lowest BCUT2D eigenvalue weighted by Gasteiger charge is -2.19. The molecule has 4 rings (SSSR count). The van der Waals surface area contributed by atoms with Crippen molar-refractivity contribution < 1.29 is 19.2 Å². The van der Waals surface area contributed by atoms with Gasteiger partial charge in [0.1, 0.15) is 12.2 Å². The molecule has 168 valence electrons. The fourth-order valence-electron chi connectivity index (χ4n) is 3.52. The Morgan fingerprint density at radius 1 is 0.879 bits per heavy atom. The summed E-state index contributed by atoms with van der Waals surface area (Å²) in [5, 5.41) is 4.17. The second-order valence-electron chi connectivity index (χ2n) is 8.81. The topological polar surface area (TPSA) is 68.2 Å². The van der Waals surface area contributed by atoms with Crippen LogP contribution in [0.25, 0.3) is 0 Å². The molecule has 0 bridgehead atoms. The highest BCUT2D eigenvalue weighted by molar-refractivity contribution is 6.54. The Labute approximate surface area is 193 Å². The number of fused-ring (bicyclic) bond motifs is 1. The van der Waals surface area contributed by atoms with E-state index < -0.39 is 5.60 Å². The quantitative estimate of drug-likeness (QED) is 0.393. The number of ether oxygens (including phenoxy) is 1. The Kier molecular flexibility index (Phi) is 6.27. The number of hydrogen-bond donors (Lipinski definition) is 0. The maximum atomic E-state index is 13.1. The summed E-state index contributed by atoms with van der Waals surface area (Å²) in [6, 6.07) is 24.3. The van der Waals surface area contributed by atoms with E-state index in [-0.39, 0.29) is 24.2 Å². The van der Waals surface area contributed by atoms with Crippen molar-refractivity contribution in [3.63, 3.8) is 0 Å². The van der Waals surface area contributed by atoms with Gasteiger partial charge in [0.15, 0.2) is 5.71 Å². The van der Waals surface area contributed by atoms with E-state index in [1.54, 1.807) is 29.2 Å². The number of carbonyl (C=O) groups excluding carboxylic acids is 2. The molecule has 0 N–H and O–H groups in total. The molecule has 0 fully saturated rings. The van der Waals surface area contributed by atoms with Gasteiger partial charge in [0.25, 0.3) is 5.91 Å². The molecule has 33 heavy (non-hydrogen) atoms. The molecule has 1 heterocycles. The van der Waals surface area contributed by atoms with E-state index in [2.05, 4.69) is 5.16 Å². The number of rotatable bonds is 6. The maximum Gasteiger partial charge on any atom is 0.338 e. The van der Waals surface area contributed by atoms with E-state index in [1.807, 2.05) is 75.4 Å². The van der Waals surface area contributed by atoms with Gasteiger partial charge in [-0.3, -0.25) is 4.79 Å². The van der Waals surface area contributed by atoms with Crippen molar-refractivity contribution in [3.05, 3.63) is 101 Å². The number of anilines is 1. The highest BCUT2D eigenvalue weighted by atomic mass is 16.6. The zero-order valence-corrected chi connectivity index (χ0v) is 18.9. The molecule has 0 saturated carbocycles. The molecule has 0 saturated heterocycles. The summed E-state index contributed by atoms with van der Waals surface area (Å²) in [5.74, 6) is -0.567. The van der Waals surface area contributed by atoms with E-state index in [0.29, 0.717) is 12.1 Å². The third-order valence-corrected chi connectivity index (χ3v) is 5.06. The number of nitrogens with zero attached hydrogens (tertiary/aromatic N) is 2. The first kappa shape index (κ1) is 22.3. The smallest absolute Gasteiger partial charge is 0.338 e. The molecule has 0 spiro atoms. The lowest BCUT2D eigenvalue weighted by Crippen LogP contribution is -2.29. The molecule has 0 unspecified atom stereocenters. The van der Waals surface area contributed by atoms with Gasteiger partial charge in [-0.25, -0.2) is 4.79 Å². The maximum absolute atomic E-state index is 13.1. The molecule has 3 aromatic carbocycles. The molecule has 1 aliphatic rings. The monoisotopic (exact) mass is 442 g/mol. The van der Waals surface area contributed by atoms with E-state index in [1.165, 1.54) is 0 Å². The first-order chi connectivity index (χ1) is 15.8. The van der Waals surface area contributed by atoms with Gasteiger partial charge in [-0.05, 0) is 50.1 Å². The molecule has 0 radical (unpaired) electrons. The predicted molar refractivity (Wildman–Crippen MR) is 127 cm³/mol. The van der Waals surface area contributed by atoms with Gasteiger partial charge >= 0.3 is 5.97 Å². The Balaban J connectivity index is 1.45. The average Bonchev–Trinajstić information content (AvgIpc) is 3.05. The number of esters is 1. The molecule has 0 aromatic heterocycles. The number of carbonyl (C=O) groups is 2. The molecule has 3 aromatic rings. The van der Waals surface area contributed by atoms with Crippen LogP contribution < -0.4 is 4.90 Å². The zero-order chi connectivity index (χ0) is 23.4. The second-order valence-corrected chi connectivity index (χ2v) is 8.81. The van der Waals surface area contributed by atoms with Crippen molar-refractivity contribution >= 4 is 23.3 Å². The second kappa shape index (κ2) is 9.28. The van der Waals surface area contributed by atoms with Crippen molar-refractivity contribution in [1.82, 2.24) is 0 Å². The van der Waals surface area contributed by atoms with Crippen molar-refractivity contribution in [3.8, 4) is 0 Å². The van der Waals surface area contributed by atoms with Gasteiger partial charge in [0, 0.05) is 5.56 Å². The normalized spacial score (nSPS) is 14.3. The van der Waals surface area contributed by atoms with E-state index in [9.17, 15) is 9.59 Å². The third-order valence-electron chi connectivity index (χ3n) is 5.06. The molecule has 0 atom stereocenters. The molecular formula is C27H26N2O4. The minimum atomic E-state index is -0.548. The average molecular weight is 443 g/mol. The van der Waals surface area contributed by atoms with Crippen LogP contribution in [-0.4, -0.2) is 23.2 Å².